The van der Waals surface area contributed by atoms with E-state index in [9.17, 15) is 9.18 Å². The number of piperazine rings is 1. The van der Waals surface area contributed by atoms with Crippen molar-refractivity contribution in [2.75, 3.05) is 44.6 Å². The minimum Gasteiger partial charge on any atom is -0.322 e. The number of nitrogens with one attached hydrogen (secondary N) is 2. The van der Waals surface area contributed by atoms with Crippen LogP contribution in [-0.2, 0) is 0 Å². The first-order valence-corrected chi connectivity index (χ1v) is 7.97. The summed E-state index contributed by atoms with van der Waals surface area (Å²) in [6.07, 6.45) is 1.17. The van der Waals surface area contributed by atoms with Gasteiger partial charge in [-0.2, -0.15) is 0 Å². The van der Waals surface area contributed by atoms with Crippen molar-refractivity contribution < 1.29 is 9.18 Å². The molecule has 0 saturated carbocycles. The highest BCUT2D eigenvalue weighted by atomic mass is 35.5. The summed E-state index contributed by atoms with van der Waals surface area (Å²) in [4.78, 5) is 16.4. The van der Waals surface area contributed by atoms with Crippen molar-refractivity contribution in [3.63, 3.8) is 0 Å². The van der Waals surface area contributed by atoms with Gasteiger partial charge in [0.05, 0.1) is 10.7 Å². The molecule has 0 spiro atoms. The van der Waals surface area contributed by atoms with Gasteiger partial charge in [0.1, 0.15) is 0 Å². The molecule has 2 fully saturated rings. The van der Waals surface area contributed by atoms with E-state index >= 15 is 0 Å². The van der Waals surface area contributed by atoms with Crippen molar-refractivity contribution in [3.8, 4) is 0 Å². The lowest BCUT2D eigenvalue weighted by Crippen LogP contribution is -2.53. The largest absolute Gasteiger partial charge is 0.322 e. The zero-order valence-electron chi connectivity index (χ0n) is 13.1. The second-order valence-electron chi connectivity index (χ2n) is 5.70. The van der Waals surface area contributed by atoms with Gasteiger partial charge in [-0.15, -0.1) is 24.8 Å². The molecule has 3 rings (SSSR count). The fraction of sp³-hybridized carbons (Fsp3) is 0.533. The first-order valence-electron chi connectivity index (χ1n) is 7.60. The molecule has 0 aromatic heterocycles. The number of benzene rings is 1. The highest BCUT2D eigenvalue weighted by Gasteiger charge is 2.28. The van der Waals surface area contributed by atoms with Crippen molar-refractivity contribution >= 4 is 48.1 Å². The number of urea groups is 1. The summed E-state index contributed by atoms with van der Waals surface area (Å²) in [7, 11) is 0. The van der Waals surface area contributed by atoms with Crippen LogP contribution in [0.5, 0.6) is 0 Å². The van der Waals surface area contributed by atoms with Crippen molar-refractivity contribution in [3.05, 3.63) is 29.0 Å². The SMILES string of the molecule is Cl.Cl.O=C(Nc1cccc(Cl)c1F)N1CCN(C2CCNC2)CC1. The molecule has 1 aromatic rings. The molecule has 24 heavy (non-hydrogen) atoms. The number of hydrogen-bond donors (Lipinski definition) is 2. The van der Waals surface area contributed by atoms with Crippen LogP contribution in [0.4, 0.5) is 14.9 Å². The summed E-state index contributed by atoms with van der Waals surface area (Å²) < 4.78 is 13.8. The van der Waals surface area contributed by atoms with Crippen molar-refractivity contribution in [2.24, 2.45) is 0 Å². The Morgan fingerprint density at radius 3 is 2.58 bits per heavy atom. The Hall–Kier alpha value is -0.790. The van der Waals surface area contributed by atoms with E-state index in [1.54, 1.807) is 11.0 Å². The van der Waals surface area contributed by atoms with Crippen molar-refractivity contribution in [1.29, 1.82) is 0 Å². The van der Waals surface area contributed by atoms with Gasteiger partial charge in [-0.05, 0) is 25.1 Å². The van der Waals surface area contributed by atoms with E-state index in [2.05, 4.69) is 15.5 Å². The Morgan fingerprint density at radius 1 is 1.25 bits per heavy atom. The average Bonchev–Trinajstić information content (AvgIpc) is 3.06. The normalized spacial score (nSPS) is 20.9. The van der Waals surface area contributed by atoms with Crippen LogP contribution in [0, 0.1) is 5.82 Å². The van der Waals surface area contributed by atoms with Crippen LogP contribution in [0.3, 0.4) is 0 Å². The first kappa shape index (κ1) is 21.3. The smallest absolute Gasteiger partial charge is 0.322 e. The molecule has 0 aliphatic carbocycles. The molecule has 1 atom stereocenters. The van der Waals surface area contributed by atoms with E-state index < -0.39 is 5.82 Å². The topological polar surface area (TPSA) is 47.6 Å². The maximum Gasteiger partial charge on any atom is 0.322 e. The molecule has 1 unspecified atom stereocenters. The fourth-order valence-electron chi connectivity index (χ4n) is 3.04. The molecule has 2 amide bonds. The van der Waals surface area contributed by atoms with Crippen LogP contribution in [0.25, 0.3) is 0 Å². The molecule has 0 radical (unpaired) electrons. The molecule has 2 saturated heterocycles. The summed E-state index contributed by atoms with van der Waals surface area (Å²) in [5.41, 5.74) is 0.125. The van der Waals surface area contributed by atoms with Gasteiger partial charge in [0.15, 0.2) is 5.82 Å². The fourth-order valence-corrected chi connectivity index (χ4v) is 3.21. The number of amides is 2. The van der Waals surface area contributed by atoms with Crippen LogP contribution in [0.2, 0.25) is 5.02 Å². The third-order valence-electron chi connectivity index (χ3n) is 4.35. The minimum absolute atomic E-state index is 0. The van der Waals surface area contributed by atoms with Gasteiger partial charge in [0.25, 0.3) is 0 Å². The number of carbonyl (C=O) groups excluding carboxylic acids is 1. The lowest BCUT2D eigenvalue weighted by molar-refractivity contribution is 0.119. The summed E-state index contributed by atoms with van der Waals surface area (Å²) in [6, 6.07) is 4.90. The number of anilines is 1. The van der Waals surface area contributed by atoms with E-state index in [1.807, 2.05) is 0 Å². The Kier molecular flexibility index (Phi) is 8.53. The van der Waals surface area contributed by atoms with Gasteiger partial charge in [0, 0.05) is 38.8 Å². The Balaban J connectivity index is 0.00000144. The van der Waals surface area contributed by atoms with Crippen LogP contribution in [-0.4, -0.2) is 61.1 Å². The van der Waals surface area contributed by atoms with Crippen LogP contribution >= 0.6 is 36.4 Å². The molecule has 136 valence electrons. The number of rotatable bonds is 2. The number of carbonyl (C=O) groups is 1. The molecular weight excluding hydrogens is 378 g/mol. The molecule has 9 heteroatoms. The molecule has 2 heterocycles. The monoisotopic (exact) mass is 398 g/mol. The highest BCUT2D eigenvalue weighted by Crippen LogP contribution is 2.22. The molecule has 0 bridgehead atoms. The lowest BCUT2D eigenvalue weighted by atomic mass is 10.2. The quantitative estimate of drug-likeness (QED) is 0.804. The predicted molar refractivity (Wildman–Crippen MR) is 99.3 cm³/mol. The van der Waals surface area contributed by atoms with Gasteiger partial charge in [-0.25, -0.2) is 9.18 Å². The molecular formula is C15H22Cl3FN4O. The molecule has 5 nitrogen and oxygen atoms in total. The summed E-state index contributed by atoms with van der Waals surface area (Å²) in [5, 5.41) is 5.97. The number of halogens is 4. The second kappa shape index (κ2) is 9.63. The predicted octanol–water partition coefficient (Wildman–Crippen LogP) is 2.83. The van der Waals surface area contributed by atoms with Crippen LogP contribution in [0.1, 0.15) is 6.42 Å². The zero-order valence-corrected chi connectivity index (χ0v) is 15.5. The zero-order chi connectivity index (χ0) is 15.5. The van der Waals surface area contributed by atoms with Gasteiger partial charge >= 0.3 is 6.03 Å². The van der Waals surface area contributed by atoms with Crippen molar-refractivity contribution in [2.45, 2.75) is 12.5 Å². The maximum absolute atomic E-state index is 13.8. The third-order valence-corrected chi connectivity index (χ3v) is 4.64. The average molecular weight is 400 g/mol. The number of hydrogen-bond acceptors (Lipinski definition) is 3. The van der Waals surface area contributed by atoms with Crippen molar-refractivity contribution in [1.82, 2.24) is 15.1 Å². The van der Waals surface area contributed by atoms with E-state index in [4.69, 9.17) is 11.6 Å². The van der Waals surface area contributed by atoms with Gasteiger partial charge in [0.2, 0.25) is 0 Å². The second-order valence-corrected chi connectivity index (χ2v) is 6.11. The van der Waals surface area contributed by atoms with Gasteiger partial charge in [-0.1, -0.05) is 17.7 Å². The summed E-state index contributed by atoms with van der Waals surface area (Å²) in [6.45, 7) is 5.13. The van der Waals surface area contributed by atoms with Crippen LogP contribution in [0.15, 0.2) is 18.2 Å². The van der Waals surface area contributed by atoms with E-state index in [1.165, 1.54) is 18.6 Å². The first-order chi connectivity index (χ1) is 10.6. The highest BCUT2D eigenvalue weighted by molar-refractivity contribution is 6.31. The molecule has 2 aliphatic heterocycles. The van der Waals surface area contributed by atoms with Gasteiger partial charge < -0.3 is 15.5 Å². The van der Waals surface area contributed by atoms with Gasteiger partial charge in [-0.3, -0.25) is 4.90 Å². The summed E-state index contributed by atoms with van der Waals surface area (Å²) >= 11 is 5.72. The standard InChI is InChI=1S/C15H20ClFN4O.2ClH/c16-12-2-1-3-13(14(12)17)19-15(22)21-8-6-20(7-9-21)11-4-5-18-10-11;;/h1-3,11,18H,4-10H2,(H,19,22);2*1H. The van der Waals surface area contributed by atoms with Crippen LogP contribution < -0.4 is 10.6 Å². The Morgan fingerprint density at radius 2 is 1.96 bits per heavy atom. The molecule has 2 aliphatic rings. The lowest BCUT2D eigenvalue weighted by Gasteiger charge is -2.37. The Bertz CT molecular complexity index is 550. The molecule has 1 aromatic carbocycles. The maximum atomic E-state index is 13.8. The van der Waals surface area contributed by atoms with E-state index in [0.717, 1.165) is 26.2 Å². The van der Waals surface area contributed by atoms with E-state index in [-0.39, 0.29) is 41.6 Å². The van der Waals surface area contributed by atoms with E-state index in [0.29, 0.717) is 19.1 Å². The molecule has 2 N–H and O–H groups in total. The number of nitrogens with zero attached hydrogens (tertiary/aromatic N) is 2. The minimum atomic E-state index is -0.590. The third kappa shape index (κ3) is 4.86. The summed E-state index contributed by atoms with van der Waals surface area (Å²) in [5.74, 6) is -0.590. The Labute approximate surface area is 158 Å².